The van der Waals surface area contributed by atoms with Gasteiger partial charge in [-0.15, -0.1) is 0 Å². The fourth-order valence-corrected chi connectivity index (χ4v) is 2.95. The largest absolute Gasteiger partial charge is 0.312 e. The molecule has 0 N–H and O–H groups in total. The summed E-state index contributed by atoms with van der Waals surface area (Å²) in [6.07, 6.45) is 2.13. The maximum atomic E-state index is 13.5. The Balaban J connectivity index is 2.48. The molecular formula is C10H15FSi. The summed E-state index contributed by atoms with van der Waals surface area (Å²) >= 11 is 0. The lowest BCUT2D eigenvalue weighted by Gasteiger charge is -2.04. The molecule has 0 saturated heterocycles. The molecule has 0 aliphatic heterocycles. The Morgan fingerprint density at radius 2 is 1.92 bits per heavy atom. The third-order valence-electron chi connectivity index (χ3n) is 1.97. The van der Waals surface area contributed by atoms with Crippen LogP contribution >= 0.6 is 0 Å². The van der Waals surface area contributed by atoms with Crippen molar-refractivity contribution in [3.8, 4) is 0 Å². The lowest BCUT2D eigenvalue weighted by Crippen LogP contribution is -2.24. The SMILES string of the molecule is CCCC[SiH](F)c1ccccc1. The molecule has 0 aromatic heterocycles. The van der Waals surface area contributed by atoms with Gasteiger partial charge in [0.2, 0.25) is 0 Å². The number of hydrogen-bond donors (Lipinski definition) is 0. The van der Waals surface area contributed by atoms with Crippen molar-refractivity contribution in [1.82, 2.24) is 0 Å². The van der Waals surface area contributed by atoms with Gasteiger partial charge in [0, 0.05) is 0 Å². The van der Waals surface area contributed by atoms with Crippen LogP contribution in [0.5, 0.6) is 0 Å². The second-order valence-electron chi connectivity index (χ2n) is 3.02. The maximum absolute atomic E-state index is 13.5. The van der Waals surface area contributed by atoms with Gasteiger partial charge in [0.05, 0.1) is 0 Å². The third-order valence-corrected chi connectivity index (χ3v) is 4.00. The van der Waals surface area contributed by atoms with Crippen LogP contribution in [0, 0.1) is 0 Å². The summed E-state index contributed by atoms with van der Waals surface area (Å²) in [4.78, 5) is 0. The quantitative estimate of drug-likeness (QED) is 0.495. The van der Waals surface area contributed by atoms with Crippen molar-refractivity contribution in [2.24, 2.45) is 0 Å². The van der Waals surface area contributed by atoms with Crippen molar-refractivity contribution in [2.75, 3.05) is 0 Å². The van der Waals surface area contributed by atoms with Crippen molar-refractivity contribution in [3.63, 3.8) is 0 Å². The first kappa shape index (κ1) is 9.45. The average molecular weight is 182 g/mol. The Kier molecular flexibility index (Phi) is 4.01. The molecule has 0 aliphatic carbocycles. The minimum absolute atomic E-state index is 0.792. The Morgan fingerprint density at radius 1 is 1.25 bits per heavy atom. The van der Waals surface area contributed by atoms with E-state index >= 15 is 0 Å². The van der Waals surface area contributed by atoms with Crippen LogP contribution in [0.4, 0.5) is 4.11 Å². The summed E-state index contributed by atoms with van der Waals surface area (Å²) < 4.78 is 13.5. The molecule has 0 fully saturated rings. The van der Waals surface area contributed by atoms with Crippen molar-refractivity contribution in [3.05, 3.63) is 30.3 Å². The smallest absolute Gasteiger partial charge is 0.262 e. The van der Waals surface area contributed by atoms with Crippen LogP contribution in [0.3, 0.4) is 0 Å². The van der Waals surface area contributed by atoms with Gasteiger partial charge in [-0.1, -0.05) is 50.1 Å². The minimum atomic E-state index is -2.08. The molecule has 0 saturated carbocycles. The highest BCUT2D eigenvalue weighted by atomic mass is 28.3. The molecule has 1 rings (SSSR count). The highest BCUT2D eigenvalue weighted by Crippen LogP contribution is 2.02. The van der Waals surface area contributed by atoms with E-state index in [9.17, 15) is 4.11 Å². The van der Waals surface area contributed by atoms with Crippen molar-refractivity contribution in [1.29, 1.82) is 0 Å². The van der Waals surface area contributed by atoms with Crippen LogP contribution in [0.1, 0.15) is 19.8 Å². The van der Waals surface area contributed by atoms with Crippen LogP contribution in [-0.2, 0) is 0 Å². The van der Waals surface area contributed by atoms with Crippen LogP contribution in [0.25, 0.3) is 0 Å². The lowest BCUT2D eigenvalue weighted by molar-refractivity contribution is 0.791. The van der Waals surface area contributed by atoms with Crippen LogP contribution in [0.15, 0.2) is 30.3 Å². The summed E-state index contributed by atoms with van der Waals surface area (Å²) in [5.74, 6) is 0. The molecular weight excluding hydrogens is 167 g/mol. The number of hydrogen-bond acceptors (Lipinski definition) is 0. The number of unbranched alkanes of at least 4 members (excludes halogenated alkanes) is 1. The van der Waals surface area contributed by atoms with Crippen LogP contribution in [0.2, 0.25) is 6.04 Å². The maximum Gasteiger partial charge on any atom is 0.262 e. The molecule has 0 spiro atoms. The van der Waals surface area contributed by atoms with E-state index in [1.807, 2.05) is 30.3 Å². The average Bonchev–Trinajstić information content (AvgIpc) is 2.15. The molecule has 1 aromatic carbocycles. The van der Waals surface area contributed by atoms with Gasteiger partial charge in [0.1, 0.15) is 0 Å². The topological polar surface area (TPSA) is 0 Å². The summed E-state index contributed by atoms with van der Waals surface area (Å²) in [7, 11) is -2.08. The zero-order chi connectivity index (χ0) is 8.81. The molecule has 0 heterocycles. The van der Waals surface area contributed by atoms with Gasteiger partial charge < -0.3 is 4.11 Å². The van der Waals surface area contributed by atoms with Crippen LogP contribution < -0.4 is 5.19 Å². The zero-order valence-corrected chi connectivity index (χ0v) is 8.62. The predicted molar refractivity (Wildman–Crippen MR) is 54.0 cm³/mol. The van der Waals surface area contributed by atoms with Gasteiger partial charge in [0.15, 0.2) is 0 Å². The highest BCUT2D eigenvalue weighted by Gasteiger charge is 2.10. The first-order valence-corrected chi connectivity index (χ1v) is 6.36. The van der Waals surface area contributed by atoms with E-state index in [2.05, 4.69) is 6.92 Å². The molecule has 66 valence electrons. The molecule has 0 aliphatic rings. The molecule has 0 bridgehead atoms. The fraction of sp³-hybridized carbons (Fsp3) is 0.400. The van der Waals surface area contributed by atoms with E-state index in [-0.39, 0.29) is 0 Å². The van der Waals surface area contributed by atoms with Gasteiger partial charge >= 0.3 is 0 Å². The van der Waals surface area contributed by atoms with Gasteiger partial charge in [-0.05, 0) is 11.2 Å². The fourth-order valence-electron chi connectivity index (χ4n) is 1.21. The Morgan fingerprint density at radius 3 is 2.50 bits per heavy atom. The van der Waals surface area contributed by atoms with E-state index in [0.29, 0.717) is 0 Å². The third kappa shape index (κ3) is 2.78. The summed E-state index contributed by atoms with van der Waals surface area (Å²) in [6, 6.07) is 10.4. The van der Waals surface area contributed by atoms with Gasteiger partial charge in [-0.25, -0.2) is 0 Å². The van der Waals surface area contributed by atoms with Crippen molar-refractivity contribution >= 4 is 14.3 Å². The normalized spacial score (nSPS) is 12.8. The zero-order valence-electron chi connectivity index (χ0n) is 7.46. The lowest BCUT2D eigenvalue weighted by atomic mass is 10.4. The molecule has 2 heteroatoms. The number of rotatable bonds is 4. The highest BCUT2D eigenvalue weighted by molar-refractivity contribution is 6.66. The van der Waals surface area contributed by atoms with E-state index < -0.39 is 9.13 Å². The van der Waals surface area contributed by atoms with E-state index in [4.69, 9.17) is 0 Å². The second-order valence-corrected chi connectivity index (χ2v) is 5.20. The van der Waals surface area contributed by atoms with Crippen molar-refractivity contribution < 1.29 is 4.11 Å². The molecule has 0 nitrogen and oxygen atoms in total. The van der Waals surface area contributed by atoms with Gasteiger partial charge in [-0.2, -0.15) is 0 Å². The first-order chi connectivity index (χ1) is 5.84. The second kappa shape index (κ2) is 5.09. The van der Waals surface area contributed by atoms with E-state index in [0.717, 1.165) is 24.1 Å². The standard InChI is InChI=1S/C10H15FSi/c1-2-3-9-12(11)10-7-5-4-6-8-10/h4-8,12H,2-3,9H2,1H3. The predicted octanol–water partition coefficient (Wildman–Crippen LogP) is 2.39. The summed E-state index contributed by atoms with van der Waals surface area (Å²) in [5, 5.41) is 0.950. The van der Waals surface area contributed by atoms with Crippen LogP contribution in [-0.4, -0.2) is 9.13 Å². The Hall–Kier alpha value is -0.633. The Labute approximate surface area is 75.2 Å². The number of benzene rings is 1. The molecule has 0 amide bonds. The Bertz CT molecular complexity index is 210. The van der Waals surface area contributed by atoms with E-state index in [1.54, 1.807) is 0 Å². The summed E-state index contributed by atoms with van der Waals surface area (Å²) in [6.45, 7) is 2.10. The minimum Gasteiger partial charge on any atom is -0.312 e. The first-order valence-electron chi connectivity index (χ1n) is 4.53. The molecule has 1 aromatic rings. The molecule has 0 radical (unpaired) electrons. The van der Waals surface area contributed by atoms with E-state index in [1.165, 1.54) is 0 Å². The molecule has 1 unspecified atom stereocenters. The van der Waals surface area contributed by atoms with Crippen molar-refractivity contribution in [2.45, 2.75) is 25.8 Å². The molecule has 1 atom stereocenters. The number of halogens is 1. The molecule has 12 heavy (non-hydrogen) atoms. The van der Waals surface area contributed by atoms with Gasteiger partial charge in [-0.3, -0.25) is 0 Å². The summed E-state index contributed by atoms with van der Waals surface area (Å²) in [5.41, 5.74) is 0. The van der Waals surface area contributed by atoms with Gasteiger partial charge in [0.25, 0.3) is 9.13 Å². The monoisotopic (exact) mass is 182 g/mol.